The fourth-order valence-corrected chi connectivity index (χ4v) is 7.56. The minimum absolute atomic E-state index is 1.49. The lowest BCUT2D eigenvalue weighted by Gasteiger charge is -2.05. The Labute approximate surface area is 121 Å². The SMILES string of the molecule is c1ccc([I+](c2ccccc2)c2ccccc2)cc1. The number of rotatable bonds is 3. The second kappa shape index (κ2) is 6.02. The molecule has 0 bridgehead atoms. The molecule has 0 unspecified atom stereocenters. The van der Waals surface area contributed by atoms with Gasteiger partial charge in [-0.15, -0.1) is 0 Å². The van der Waals surface area contributed by atoms with Gasteiger partial charge in [0.05, 0.1) is 0 Å². The van der Waals surface area contributed by atoms with Crippen molar-refractivity contribution in [1.29, 1.82) is 0 Å². The van der Waals surface area contributed by atoms with Gasteiger partial charge < -0.3 is 0 Å². The van der Waals surface area contributed by atoms with Gasteiger partial charge in [0.1, 0.15) is 0 Å². The zero-order valence-corrected chi connectivity index (χ0v) is 12.7. The summed E-state index contributed by atoms with van der Waals surface area (Å²) in [7, 11) is 0. The fraction of sp³-hybridized carbons (Fsp3) is 0. The van der Waals surface area contributed by atoms with Crippen LogP contribution in [-0.2, 0) is 0 Å². The first kappa shape index (κ1) is 12.4. The Kier molecular flexibility index (Phi) is 3.94. The maximum atomic E-state index is 2.27. The minimum Gasteiger partial charge on any atom is -0.0619 e. The molecule has 0 aliphatic carbocycles. The Morgan fingerprint density at radius 2 is 0.632 bits per heavy atom. The molecule has 0 spiro atoms. The van der Waals surface area contributed by atoms with Crippen LogP contribution in [0.4, 0.5) is 0 Å². The highest BCUT2D eigenvalue weighted by Crippen LogP contribution is 1.91. The van der Waals surface area contributed by atoms with Crippen LogP contribution in [-0.4, -0.2) is 0 Å². The van der Waals surface area contributed by atoms with Crippen LogP contribution in [0.5, 0.6) is 0 Å². The topological polar surface area (TPSA) is 0 Å². The highest BCUT2D eigenvalue weighted by molar-refractivity contribution is 5.07. The molecule has 0 atom stereocenters. The highest BCUT2D eigenvalue weighted by Gasteiger charge is 2.29. The third-order valence-electron chi connectivity index (χ3n) is 2.85. The Morgan fingerprint density at radius 3 is 0.895 bits per heavy atom. The molecule has 19 heavy (non-hydrogen) atoms. The van der Waals surface area contributed by atoms with Gasteiger partial charge in [0.2, 0.25) is 0 Å². The number of hydrogen-bond donors (Lipinski definition) is 0. The Hall–Kier alpha value is -1.61. The fourth-order valence-electron chi connectivity index (χ4n) is 2.00. The first-order valence-corrected chi connectivity index (χ1v) is 9.54. The monoisotopic (exact) mass is 358 g/mol. The number of benzene rings is 3. The van der Waals surface area contributed by atoms with Gasteiger partial charge in [-0.1, -0.05) is 54.6 Å². The molecule has 3 rings (SSSR count). The van der Waals surface area contributed by atoms with E-state index in [4.69, 9.17) is 0 Å². The lowest BCUT2D eigenvalue weighted by Crippen LogP contribution is -3.85. The van der Waals surface area contributed by atoms with E-state index in [-0.39, 0.29) is 0 Å². The molecule has 0 aromatic heterocycles. The summed E-state index contributed by atoms with van der Waals surface area (Å²) in [4.78, 5) is 0. The molecule has 3 aromatic rings. The molecule has 0 heterocycles. The van der Waals surface area contributed by atoms with Crippen molar-refractivity contribution in [2.24, 2.45) is 0 Å². The zero-order valence-electron chi connectivity index (χ0n) is 10.5. The molecule has 0 saturated carbocycles. The smallest absolute Gasteiger partial charge is 0.0619 e. The summed E-state index contributed by atoms with van der Waals surface area (Å²) in [5.74, 6) is 0. The van der Waals surface area contributed by atoms with Crippen molar-refractivity contribution >= 4 is 0 Å². The maximum absolute atomic E-state index is 2.27. The van der Waals surface area contributed by atoms with Crippen molar-refractivity contribution in [1.82, 2.24) is 0 Å². The van der Waals surface area contributed by atoms with Gasteiger partial charge in [-0.3, -0.25) is 0 Å². The van der Waals surface area contributed by atoms with Gasteiger partial charge in [-0.2, -0.15) is 0 Å². The molecule has 0 saturated heterocycles. The quantitative estimate of drug-likeness (QED) is 0.618. The summed E-state index contributed by atoms with van der Waals surface area (Å²) in [5.41, 5.74) is 0. The largest absolute Gasteiger partial charge is 0.173 e. The van der Waals surface area contributed by atoms with Crippen LogP contribution in [0.2, 0.25) is 0 Å². The van der Waals surface area contributed by atoms with E-state index in [1.165, 1.54) is 10.7 Å². The van der Waals surface area contributed by atoms with Gasteiger partial charge in [-0.05, 0) is 36.4 Å². The molecule has 1 radical (unpaired) electrons. The minimum atomic E-state index is -1.52. The van der Waals surface area contributed by atoms with Crippen molar-refractivity contribution in [3.8, 4) is 0 Å². The van der Waals surface area contributed by atoms with Crippen molar-refractivity contribution in [2.45, 2.75) is 0 Å². The lowest BCUT2D eigenvalue weighted by atomic mass is 10.4. The standard InChI is InChI=1S/C18H15I/c1-4-10-16(11-5-1)19(17-12-6-2-7-13-17)18-14-8-3-9-15-18/h1-15H/q+1. The summed E-state index contributed by atoms with van der Waals surface area (Å²) in [6.07, 6.45) is 0. The highest BCUT2D eigenvalue weighted by atomic mass is 127. The normalized spacial score (nSPS) is 10.6. The molecule has 0 amide bonds. The number of halogens is 1. The summed E-state index contributed by atoms with van der Waals surface area (Å²) in [5, 5.41) is 0. The maximum Gasteiger partial charge on any atom is 0.173 e. The van der Waals surface area contributed by atoms with E-state index in [9.17, 15) is 0 Å². The van der Waals surface area contributed by atoms with E-state index >= 15 is 0 Å². The van der Waals surface area contributed by atoms with Crippen LogP contribution in [0.1, 0.15) is 0 Å². The molecule has 0 aliphatic heterocycles. The van der Waals surface area contributed by atoms with E-state index in [2.05, 4.69) is 91.0 Å². The Bertz CT molecular complexity index is 524. The van der Waals surface area contributed by atoms with E-state index in [0.29, 0.717) is 0 Å². The Balaban J connectivity index is 2.12. The average molecular weight is 358 g/mol. The van der Waals surface area contributed by atoms with E-state index in [1.807, 2.05) is 0 Å². The summed E-state index contributed by atoms with van der Waals surface area (Å²) >= 11 is -1.52. The molecule has 3 aromatic carbocycles. The molecule has 0 fully saturated rings. The first-order valence-electron chi connectivity index (χ1n) is 6.30. The van der Waals surface area contributed by atoms with Gasteiger partial charge >= 0.3 is 0 Å². The second-order valence-corrected chi connectivity index (χ2v) is 9.53. The van der Waals surface area contributed by atoms with Crippen molar-refractivity contribution in [3.05, 3.63) is 102 Å². The molecule has 0 nitrogen and oxygen atoms in total. The molecule has 0 aliphatic rings. The van der Waals surface area contributed by atoms with Crippen LogP contribution < -0.4 is 19.8 Å². The summed E-state index contributed by atoms with van der Waals surface area (Å²) < 4.78 is 4.47. The van der Waals surface area contributed by atoms with Crippen LogP contribution in [0.3, 0.4) is 0 Å². The Morgan fingerprint density at radius 1 is 0.368 bits per heavy atom. The van der Waals surface area contributed by atoms with Crippen molar-refractivity contribution in [3.63, 3.8) is 0 Å². The van der Waals surface area contributed by atoms with E-state index in [0.717, 1.165) is 0 Å². The third-order valence-corrected chi connectivity index (χ3v) is 8.75. The third kappa shape index (κ3) is 2.87. The zero-order chi connectivity index (χ0) is 12.9. The van der Waals surface area contributed by atoms with Crippen molar-refractivity contribution in [2.75, 3.05) is 0 Å². The average Bonchev–Trinajstić information content (AvgIpc) is 2.51. The van der Waals surface area contributed by atoms with Gasteiger partial charge in [-0.25, -0.2) is 0 Å². The van der Waals surface area contributed by atoms with Gasteiger partial charge in [0.15, 0.2) is 30.5 Å². The van der Waals surface area contributed by atoms with Crippen LogP contribution in [0.15, 0.2) is 91.0 Å². The van der Waals surface area contributed by atoms with Crippen LogP contribution in [0, 0.1) is 10.7 Å². The molecular weight excluding hydrogens is 343 g/mol. The van der Waals surface area contributed by atoms with Crippen molar-refractivity contribution < 1.29 is 19.8 Å². The number of hydrogen-bond acceptors (Lipinski definition) is 0. The van der Waals surface area contributed by atoms with Crippen LogP contribution >= 0.6 is 0 Å². The van der Waals surface area contributed by atoms with E-state index < -0.39 is 19.8 Å². The molecule has 0 N–H and O–H groups in total. The predicted octanol–water partition coefficient (Wildman–Crippen LogP) is 1.22. The first-order chi connectivity index (χ1) is 9.45. The van der Waals surface area contributed by atoms with Crippen LogP contribution in [0.25, 0.3) is 0 Å². The lowest BCUT2D eigenvalue weighted by molar-refractivity contribution is -0.832. The molecule has 93 valence electrons. The molecular formula is C18H15I+. The predicted molar refractivity (Wildman–Crippen MR) is 75.4 cm³/mol. The summed E-state index contributed by atoms with van der Waals surface area (Å²) in [6.45, 7) is 0. The second-order valence-electron chi connectivity index (χ2n) is 4.17. The van der Waals surface area contributed by atoms with Gasteiger partial charge in [0, 0.05) is 0 Å². The van der Waals surface area contributed by atoms with Gasteiger partial charge in [0.25, 0.3) is 0 Å². The summed E-state index contributed by atoms with van der Waals surface area (Å²) in [6, 6.07) is 32.8. The molecule has 1 heteroatoms. The van der Waals surface area contributed by atoms with E-state index in [1.54, 1.807) is 0 Å².